The molecule has 0 bridgehead atoms. The second-order valence-corrected chi connectivity index (χ2v) is 4.17. The van der Waals surface area contributed by atoms with Gasteiger partial charge in [-0.05, 0) is 25.0 Å². The number of hydrogen-bond acceptors (Lipinski definition) is 3. The number of nitrogens with two attached hydrogens (primary N) is 1. The summed E-state index contributed by atoms with van der Waals surface area (Å²) in [5, 5.41) is 2.92. The maximum atomic E-state index is 11.9. The Balaban J connectivity index is 2.05. The highest BCUT2D eigenvalue weighted by atomic mass is 16.1. The third kappa shape index (κ3) is 2.39. The maximum Gasteiger partial charge on any atom is 0.227 e. The van der Waals surface area contributed by atoms with E-state index in [1.54, 1.807) is 6.20 Å². The van der Waals surface area contributed by atoms with Crippen LogP contribution in [0.15, 0.2) is 18.3 Å². The number of rotatable bonds is 3. The third-order valence-corrected chi connectivity index (χ3v) is 3.07. The molecule has 1 aliphatic rings. The highest BCUT2D eigenvalue weighted by Gasteiger charge is 2.23. The van der Waals surface area contributed by atoms with Gasteiger partial charge in [-0.3, -0.25) is 9.78 Å². The minimum Gasteiger partial charge on any atom is -0.325 e. The molecule has 16 heavy (non-hydrogen) atoms. The van der Waals surface area contributed by atoms with E-state index in [0.717, 1.165) is 37.1 Å². The molecular weight excluding hydrogens is 202 g/mol. The van der Waals surface area contributed by atoms with Gasteiger partial charge >= 0.3 is 0 Å². The van der Waals surface area contributed by atoms with Gasteiger partial charge in [0, 0.05) is 18.7 Å². The van der Waals surface area contributed by atoms with Crippen LogP contribution in [-0.4, -0.2) is 10.9 Å². The molecule has 4 heteroatoms. The Labute approximate surface area is 95.3 Å². The second-order valence-electron chi connectivity index (χ2n) is 4.17. The average Bonchev–Trinajstić information content (AvgIpc) is 2.83. The molecule has 0 unspecified atom stereocenters. The average molecular weight is 219 g/mol. The highest BCUT2D eigenvalue weighted by Crippen LogP contribution is 2.26. The zero-order valence-corrected chi connectivity index (χ0v) is 9.28. The molecule has 1 aromatic rings. The van der Waals surface area contributed by atoms with Crippen LogP contribution < -0.4 is 11.1 Å². The van der Waals surface area contributed by atoms with Crippen molar-refractivity contribution >= 4 is 11.6 Å². The number of carbonyl (C=O) groups is 1. The molecule has 1 aliphatic carbocycles. The van der Waals surface area contributed by atoms with Crippen LogP contribution in [0.2, 0.25) is 0 Å². The van der Waals surface area contributed by atoms with Gasteiger partial charge in [0.25, 0.3) is 0 Å². The minimum atomic E-state index is 0.111. The third-order valence-electron chi connectivity index (χ3n) is 3.07. The predicted octanol–water partition coefficient (Wildman–Crippen LogP) is 1.67. The van der Waals surface area contributed by atoms with Crippen LogP contribution in [0.5, 0.6) is 0 Å². The topological polar surface area (TPSA) is 68.0 Å². The monoisotopic (exact) mass is 219 g/mol. The summed E-state index contributed by atoms with van der Waals surface area (Å²) in [4.78, 5) is 16.0. The van der Waals surface area contributed by atoms with E-state index in [2.05, 4.69) is 10.3 Å². The first-order chi connectivity index (χ1) is 7.81. The molecular formula is C12H17N3O. The largest absolute Gasteiger partial charge is 0.325 e. The molecule has 0 spiro atoms. The summed E-state index contributed by atoms with van der Waals surface area (Å²) in [5.41, 5.74) is 7.06. The van der Waals surface area contributed by atoms with Crippen LogP contribution in [0.4, 0.5) is 5.69 Å². The number of anilines is 1. The van der Waals surface area contributed by atoms with Crippen LogP contribution >= 0.6 is 0 Å². The quantitative estimate of drug-likeness (QED) is 0.812. The minimum absolute atomic E-state index is 0.111. The van der Waals surface area contributed by atoms with Gasteiger partial charge in [0.15, 0.2) is 0 Å². The van der Waals surface area contributed by atoms with E-state index >= 15 is 0 Å². The Hall–Kier alpha value is -1.42. The molecule has 3 N–H and O–H groups in total. The molecule has 1 aromatic heterocycles. The zero-order chi connectivity index (χ0) is 11.4. The van der Waals surface area contributed by atoms with Gasteiger partial charge < -0.3 is 11.1 Å². The van der Waals surface area contributed by atoms with Gasteiger partial charge in [-0.1, -0.05) is 12.8 Å². The SMILES string of the molecule is NCc1ncccc1NC(=O)C1CCCC1. The van der Waals surface area contributed by atoms with Gasteiger partial charge in [-0.2, -0.15) is 0 Å². The lowest BCUT2D eigenvalue weighted by molar-refractivity contribution is -0.119. The van der Waals surface area contributed by atoms with Gasteiger partial charge in [-0.25, -0.2) is 0 Å². The maximum absolute atomic E-state index is 11.9. The van der Waals surface area contributed by atoms with Gasteiger partial charge in [0.2, 0.25) is 5.91 Å². The number of amides is 1. The number of nitrogens with zero attached hydrogens (tertiary/aromatic N) is 1. The highest BCUT2D eigenvalue weighted by molar-refractivity contribution is 5.93. The van der Waals surface area contributed by atoms with Crippen molar-refractivity contribution in [2.45, 2.75) is 32.2 Å². The van der Waals surface area contributed by atoms with Gasteiger partial charge in [0.05, 0.1) is 11.4 Å². The van der Waals surface area contributed by atoms with Crippen molar-refractivity contribution in [3.05, 3.63) is 24.0 Å². The molecule has 2 rings (SSSR count). The normalized spacial score (nSPS) is 16.3. The lowest BCUT2D eigenvalue weighted by atomic mass is 10.1. The fraction of sp³-hybridized carbons (Fsp3) is 0.500. The first-order valence-electron chi connectivity index (χ1n) is 5.76. The van der Waals surface area contributed by atoms with E-state index in [9.17, 15) is 4.79 Å². The van der Waals surface area contributed by atoms with Crippen molar-refractivity contribution < 1.29 is 4.79 Å². The van der Waals surface area contributed by atoms with E-state index in [0.29, 0.717) is 6.54 Å². The number of aromatic nitrogens is 1. The van der Waals surface area contributed by atoms with Crippen LogP contribution in [0.1, 0.15) is 31.4 Å². The van der Waals surface area contributed by atoms with E-state index < -0.39 is 0 Å². The van der Waals surface area contributed by atoms with Crippen molar-refractivity contribution in [1.82, 2.24) is 4.98 Å². The lowest BCUT2D eigenvalue weighted by Crippen LogP contribution is -2.21. The number of nitrogens with one attached hydrogen (secondary N) is 1. The summed E-state index contributed by atoms with van der Waals surface area (Å²) in [7, 11) is 0. The molecule has 1 heterocycles. The molecule has 0 aliphatic heterocycles. The summed E-state index contributed by atoms with van der Waals surface area (Å²) in [6.07, 6.45) is 6.02. The summed E-state index contributed by atoms with van der Waals surface area (Å²) in [6, 6.07) is 3.66. The molecule has 0 aromatic carbocycles. The Bertz CT molecular complexity index is 372. The van der Waals surface area contributed by atoms with Crippen molar-refractivity contribution in [1.29, 1.82) is 0 Å². The van der Waals surface area contributed by atoms with Crippen LogP contribution in [-0.2, 0) is 11.3 Å². The summed E-state index contributed by atoms with van der Waals surface area (Å²) < 4.78 is 0. The summed E-state index contributed by atoms with van der Waals surface area (Å²) >= 11 is 0. The lowest BCUT2D eigenvalue weighted by Gasteiger charge is -2.12. The van der Waals surface area contributed by atoms with E-state index in [4.69, 9.17) is 5.73 Å². The van der Waals surface area contributed by atoms with Crippen LogP contribution in [0.3, 0.4) is 0 Å². The van der Waals surface area contributed by atoms with Crippen molar-refractivity contribution in [3.63, 3.8) is 0 Å². The Morgan fingerprint density at radius 1 is 1.50 bits per heavy atom. The summed E-state index contributed by atoms with van der Waals surface area (Å²) in [5.74, 6) is 0.283. The van der Waals surface area contributed by atoms with Crippen molar-refractivity contribution in [2.24, 2.45) is 11.7 Å². The van der Waals surface area contributed by atoms with E-state index in [-0.39, 0.29) is 11.8 Å². The van der Waals surface area contributed by atoms with Gasteiger partial charge in [0.1, 0.15) is 0 Å². The molecule has 0 radical (unpaired) electrons. The summed E-state index contributed by atoms with van der Waals surface area (Å²) in [6.45, 7) is 0.348. The van der Waals surface area contributed by atoms with Crippen LogP contribution in [0, 0.1) is 5.92 Å². The molecule has 1 fully saturated rings. The fourth-order valence-corrected chi connectivity index (χ4v) is 2.14. The van der Waals surface area contributed by atoms with E-state index in [1.165, 1.54) is 0 Å². The van der Waals surface area contributed by atoms with Crippen molar-refractivity contribution in [3.8, 4) is 0 Å². The number of carbonyl (C=O) groups excluding carboxylic acids is 1. The Kier molecular flexibility index (Phi) is 3.51. The predicted molar refractivity (Wildman–Crippen MR) is 62.7 cm³/mol. The molecule has 0 atom stereocenters. The Morgan fingerprint density at radius 3 is 2.94 bits per heavy atom. The first kappa shape index (κ1) is 11.1. The molecule has 0 saturated heterocycles. The standard InChI is InChI=1S/C12H17N3O/c13-8-11-10(6-3-7-14-11)15-12(16)9-4-1-2-5-9/h3,6-7,9H,1-2,4-5,8,13H2,(H,15,16). The molecule has 4 nitrogen and oxygen atoms in total. The first-order valence-corrected chi connectivity index (χ1v) is 5.76. The van der Waals surface area contributed by atoms with Crippen molar-refractivity contribution in [2.75, 3.05) is 5.32 Å². The second kappa shape index (κ2) is 5.07. The number of hydrogen-bond donors (Lipinski definition) is 2. The van der Waals surface area contributed by atoms with Crippen LogP contribution in [0.25, 0.3) is 0 Å². The molecule has 1 saturated carbocycles. The fourth-order valence-electron chi connectivity index (χ4n) is 2.14. The zero-order valence-electron chi connectivity index (χ0n) is 9.28. The number of pyridine rings is 1. The molecule has 1 amide bonds. The Morgan fingerprint density at radius 2 is 2.25 bits per heavy atom. The molecule has 86 valence electrons. The smallest absolute Gasteiger partial charge is 0.227 e. The van der Waals surface area contributed by atoms with E-state index in [1.807, 2.05) is 12.1 Å². The van der Waals surface area contributed by atoms with Gasteiger partial charge in [-0.15, -0.1) is 0 Å².